The summed E-state index contributed by atoms with van der Waals surface area (Å²) in [6.45, 7) is 5.48. The van der Waals surface area contributed by atoms with E-state index < -0.39 is 0 Å². The number of aliphatic hydroxyl groups excluding tert-OH is 1. The third-order valence-corrected chi connectivity index (χ3v) is 7.41. The molecule has 1 saturated heterocycles. The van der Waals surface area contributed by atoms with Gasteiger partial charge in [0, 0.05) is 42.4 Å². The first-order valence-corrected chi connectivity index (χ1v) is 12.7. The lowest BCUT2D eigenvalue weighted by atomic mass is 9.99. The van der Waals surface area contributed by atoms with Crippen molar-refractivity contribution in [3.05, 3.63) is 58.4 Å². The van der Waals surface area contributed by atoms with E-state index in [-0.39, 0.29) is 12.5 Å². The van der Waals surface area contributed by atoms with Crippen LogP contribution in [-0.4, -0.2) is 49.7 Å². The molecule has 2 aromatic heterocycles. The van der Waals surface area contributed by atoms with Gasteiger partial charge in [-0.05, 0) is 33.1 Å². The summed E-state index contributed by atoms with van der Waals surface area (Å²) in [7, 11) is 0. The number of ether oxygens (including phenoxy) is 1. The topological polar surface area (TPSA) is 88.4 Å². The molecule has 1 amide bonds. The van der Waals surface area contributed by atoms with E-state index >= 15 is 0 Å². The molecule has 1 N–H and O–H groups in total. The fraction of sp³-hybridized carbons (Fsp3) is 0.385. The van der Waals surface area contributed by atoms with Crippen LogP contribution < -0.4 is 4.74 Å². The molecule has 2 aliphatic rings. The maximum absolute atomic E-state index is 12.9. The zero-order valence-corrected chi connectivity index (χ0v) is 20.3. The van der Waals surface area contributed by atoms with Crippen LogP contribution in [0.2, 0.25) is 0 Å². The molecular formula is C26H28N4O3S. The summed E-state index contributed by atoms with van der Waals surface area (Å²) in [6, 6.07) is 8.06. The van der Waals surface area contributed by atoms with Gasteiger partial charge < -0.3 is 14.7 Å². The highest BCUT2D eigenvalue weighted by Gasteiger charge is 2.28. The number of hydrogen-bond donors (Lipinski definition) is 1. The molecule has 8 heteroatoms. The Morgan fingerprint density at radius 2 is 1.85 bits per heavy atom. The van der Waals surface area contributed by atoms with Crippen LogP contribution in [0.1, 0.15) is 47.2 Å². The molecule has 2 aliphatic heterocycles. The molecule has 3 aromatic rings. The number of benzene rings is 1. The number of likely N-dealkylation sites (tertiary alicyclic amines) is 1. The highest BCUT2D eigenvalue weighted by atomic mass is 32.2. The number of fused-ring (bicyclic) bond motifs is 2. The van der Waals surface area contributed by atoms with E-state index in [1.807, 2.05) is 43.0 Å². The number of nitrogens with zero attached hydrogens (tertiary/aromatic N) is 4. The van der Waals surface area contributed by atoms with Crippen LogP contribution in [0, 0.1) is 13.8 Å². The highest BCUT2D eigenvalue weighted by Crippen LogP contribution is 2.42. The first-order chi connectivity index (χ1) is 16.5. The lowest BCUT2D eigenvalue weighted by Crippen LogP contribution is -2.36. The SMILES string of the molecule is Cc1ccc(-c2nc3c(c(SCC(=O)N4CCCCC4)n2)Cc2c(CO)cnc(C)c2O3)cc1. The minimum atomic E-state index is -0.119. The fourth-order valence-electron chi connectivity index (χ4n) is 4.41. The van der Waals surface area contributed by atoms with Crippen molar-refractivity contribution in [2.24, 2.45) is 0 Å². The van der Waals surface area contributed by atoms with Gasteiger partial charge >= 0.3 is 0 Å². The van der Waals surface area contributed by atoms with E-state index in [1.54, 1.807) is 6.20 Å². The summed E-state index contributed by atoms with van der Waals surface area (Å²) in [5, 5.41) is 10.6. The van der Waals surface area contributed by atoms with Crippen LogP contribution in [0.25, 0.3) is 11.4 Å². The van der Waals surface area contributed by atoms with E-state index in [1.165, 1.54) is 18.2 Å². The monoisotopic (exact) mass is 476 g/mol. The van der Waals surface area contributed by atoms with Gasteiger partial charge in [0.2, 0.25) is 11.8 Å². The first-order valence-electron chi connectivity index (χ1n) is 11.7. The number of carbonyl (C=O) groups is 1. The second kappa shape index (κ2) is 9.72. The normalized spacial score (nSPS) is 14.9. The molecule has 0 aliphatic carbocycles. The third-order valence-electron chi connectivity index (χ3n) is 6.41. The van der Waals surface area contributed by atoms with Gasteiger partial charge in [0.15, 0.2) is 11.6 Å². The summed E-state index contributed by atoms with van der Waals surface area (Å²) in [5.74, 6) is 2.17. The number of thioether (sulfide) groups is 1. The summed E-state index contributed by atoms with van der Waals surface area (Å²) in [6.07, 6.45) is 5.54. The Hall–Kier alpha value is -2.97. The molecule has 7 nitrogen and oxygen atoms in total. The van der Waals surface area contributed by atoms with Gasteiger partial charge in [-0.25, -0.2) is 4.98 Å². The molecule has 1 fully saturated rings. The predicted molar refractivity (Wildman–Crippen MR) is 131 cm³/mol. The van der Waals surface area contributed by atoms with Gasteiger partial charge in [0.1, 0.15) is 5.03 Å². The maximum Gasteiger partial charge on any atom is 0.232 e. The number of aryl methyl sites for hydroxylation is 2. The maximum atomic E-state index is 12.9. The zero-order valence-electron chi connectivity index (χ0n) is 19.5. The second-order valence-electron chi connectivity index (χ2n) is 8.85. The second-order valence-corrected chi connectivity index (χ2v) is 9.81. The Labute approximate surface area is 203 Å². The molecule has 34 heavy (non-hydrogen) atoms. The Morgan fingerprint density at radius 3 is 2.59 bits per heavy atom. The van der Waals surface area contributed by atoms with Crippen molar-refractivity contribution >= 4 is 17.7 Å². The molecule has 0 spiro atoms. The molecule has 5 rings (SSSR count). The molecule has 176 valence electrons. The Balaban J connectivity index is 1.52. The van der Waals surface area contributed by atoms with Gasteiger partial charge in [-0.15, -0.1) is 0 Å². The van der Waals surface area contributed by atoms with E-state index in [0.29, 0.717) is 29.6 Å². The average molecular weight is 477 g/mol. The summed E-state index contributed by atoms with van der Waals surface area (Å²) < 4.78 is 6.27. The van der Waals surface area contributed by atoms with E-state index in [9.17, 15) is 9.90 Å². The Morgan fingerprint density at radius 1 is 1.09 bits per heavy atom. The molecule has 0 radical (unpaired) electrons. The van der Waals surface area contributed by atoms with Crippen molar-refractivity contribution in [1.29, 1.82) is 0 Å². The van der Waals surface area contributed by atoms with Crippen molar-refractivity contribution in [3.63, 3.8) is 0 Å². The van der Waals surface area contributed by atoms with Crippen molar-refractivity contribution in [3.8, 4) is 23.0 Å². The standard InChI is InChI=1S/C26H28N4O3S/c1-16-6-8-18(9-7-16)24-28-25-21(12-20-19(14-31)13-27-17(2)23(20)33-25)26(29-24)34-15-22(32)30-10-4-3-5-11-30/h6-9,13,31H,3-5,10-12,14-15H2,1-2H3. The van der Waals surface area contributed by atoms with Gasteiger partial charge in [-0.3, -0.25) is 9.78 Å². The van der Waals surface area contributed by atoms with Gasteiger partial charge in [0.05, 0.1) is 23.6 Å². The quantitative estimate of drug-likeness (QED) is 0.336. The number of hydrogen-bond acceptors (Lipinski definition) is 7. The van der Waals surface area contributed by atoms with Crippen molar-refractivity contribution in [1.82, 2.24) is 19.9 Å². The molecule has 0 saturated carbocycles. The number of carbonyl (C=O) groups excluding carboxylic acids is 1. The van der Waals surface area contributed by atoms with Crippen LogP contribution in [0.4, 0.5) is 0 Å². The lowest BCUT2D eigenvalue weighted by Gasteiger charge is -2.27. The number of aromatic nitrogens is 3. The number of aliphatic hydroxyl groups is 1. The largest absolute Gasteiger partial charge is 0.436 e. The molecule has 0 atom stereocenters. The van der Waals surface area contributed by atoms with Gasteiger partial charge in [-0.2, -0.15) is 4.98 Å². The van der Waals surface area contributed by atoms with Crippen molar-refractivity contribution in [2.75, 3.05) is 18.8 Å². The molecule has 0 unspecified atom stereocenters. The average Bonchev–Trinajstić information content (AvgIpc) is 2.87. The molecule has 4 heterocycles. The zero-order chi connectivity index (χ0) is 23.7. The minimum absolute atomic E-state index is 0.119. The van der Waals surface area contributed by atoms with E-state index in [2.05, 4.69) is 4.98 Å². The Kier molecular flexibility index (Phi) is 6.52. The smallest absolute Gasteiger partial charge is 0.232 e. The van der Waals surface area contributed by atoms with Gasteiger partial charge in [-0.1, -0.05) is 41.6 Å². The predicted octanol–water partition coefficient (Wildman–Crippen LogP) is 4.45. The summed E-state index contributed by atoms with van der Waals surface area (Å²) >= 11 is 1.44. The number of piperidine rings is 1. The van der Waals surface area contributed by atoms with Crippen molar-refractivity contribution < 1.29 is 14.6 Å². The number of rotatable bonds is 5. The molecule has 0 bridgehead atoms. The minimum Gasteiger partial charge on any atom is -0.436 e. The molecule has 1 aromatic carbocycles. The molecular weight excluding hydrogens is 448 g/mol. The van der Waals surface area contributed by atoms with E-state index in [0.717, 1.165) is 64.5 Å². The number of amides is 1. The van der Waals surface area contributed by atoms with Crippen LogP contribution >= 0.6 is 11.8 Å². The van der Waals surface area contributed by atoms with Crippen LogP contribution in [0.5, 0.6) is 11.6 Å². The summed E-state index contributed by atoms with van der Waals surface area (Å²) in [4.78, 5) is 28.8. The third kappa shape index (κ3) is 4.52. The van der Waals surface area contributed by atoms with Crippen LogP contribution in [-0.2, 0) is 17.8 Å². The summed E-state index contributed by atoms with van der Waals surface area (Å²) in [5.41, 5.74) is 5.29. The van der Waals surface area contributed by atoms with Gasteiger partial charge in [0.25, 0.3) is 0 Å². The lowest BCUT2D eigenvalue weighted by molar-refractivity contribution is -0.129. The van der Waals surface area contributed by atoms with Crippen molar-refractivity contribution in [2.45, 2.75) is 51.2 Å². The number of pyridine rings is 1. The van der Waals surface area contributed by atoms with Crippen LogP contribution in [0.15, 0.2) is 35.5 Å². The van der Waals surface area contributed by atoms with Crippen LogP contribution in [0.3, 0.4) is 0 Å². The highest BCUT2D eigenvalue weighted by molar-refractivity contribution is 7.99. The fourth-order valence-corrected chi connectivity index (χ4v) is 5.34. The Bertz CT molecular complexity index is 1220. The first kappa shape index (κ1) is 22.8. The van der Waals surface area contributed by atoms with E-state index in [4.69, 9.17) is 14.7 Å².